The van der Waals surface area contributed by atoms with E-state index in [1.54, 1.807) is 0 Å². The number of aliphatic carboxylic acids is 1. The quantitative estimate of drug-likeness (QED) is 0.594. The number of carbonyl (C=O) groups excluding carboxylic acids is 1. The van der Waals surface area contributed by atoms with E-state index in [2.05, 4.69) is 6.92 Å². The molecule has 0 unspecified atom stereocenters. The third-order valence-electron chi connectivity index (χ3n) is 4.72. The van der Waals surface area contributed by atoms with Crippen LogP contribution in [0.2, 0.25) is 0 Å². The number of hydrogen-bond donors (Lipinski definition) is 1. The fraction of sp³-hybridized carbons (Fsp3) is 0.600. The second-order valence-corrected chi connectivity index (χ2v) is 6.73. The molecule has 1 fully saturated rings. The maximum Gasteiger partial charge on any atom is 0.411 e. The van der Waals surface area contributed by atoms with Crippen molar-refractivity contribution in [3.8, 4) is 0 Å². The predicted molar refractivity (Wildman–Crippen MR) is 96.3 cm³/mol. The summed E-state index contributed by atoms with van der Waals surface area (Å²) in [7, 11) is 0. The van der Waals surface area contributed by atoms with Gasteiger partial charge in [0.15, 0.2) is 6.04 Å². The summed E-state index contributed by atoms with van der Waals surface area (Å²) in [5.74, 6) is -0.991. The maximum atomic E-state index is 12.2. The van der Waals surface area contributed by atoms with Crippen LogP contribution >= 0.6 is 0 Å². The Bertz CT molecular complexity index is 546. The first kappa shape index (κ1) is 19.3. The minimum Gasteiger partial charge on any atom is -0.480 e. The largest absolute Gasteiger partial charge is 0.480 e. The molecule has 2 atom stereocenters. The molecule has 1 heterocycles. The van der Waals surface area contributed by atoms with Gasteiger partial charge in [-0.1, -0.05) is 75.8 Å². The van der Waals surface area contributed by atoms with Gasteiger partial charge in [-0.05, 0) is 18.4 Å². The average Bonchev–Trinajstić information content (AvgIpc) is 2.91. The van der Waals surface area contributed by atoms with E-state index in [1.807, 2.05) is 30.3 Å². The molecule has 1 aliphatic heterocycles. The molecule has 2 rings (SSSR count). The highest BCUT2D eigenvalue weighted by Crippen LogP contribution is 2.26. The Morgan fingerprint density at radius 2 is 1.72 bits per heavy atom. The Labute approximate surface area is 150 Å². The van der Waals surface area contributed by atoms with E-state index in [1.165, 1.54) is 30.6 Å². The van der Waals surface area contributed by atoms with Crippen LogP contribution in [-0.2, 0) is 16.1 Å². The number of nitrogens with zero attached hydrogens (tertiary/aromatic N) is 1. The molecule has 1 aromatic carbocycles. The fourth-order valence-electron chi connectivity index (χ4n) is 3.33. The van der Waals surface area contributed by atoms with Gasteiger partial charge in [0, 0.05) is 0 Å². The van der Waals surface area contributed by atoms with E-state index in [0.717, 1.165) is 24.8 Å². The van der Waals surface area contributed by atoms with Gasteiger partial charge in [-0.3, -0.25) is 4.90 Å². The van der Waals surface area contributed by atoms with E-state index in [4.69, 9.17) is 4.74 Å². The first-order valence-electron chi connectivity index (χ1n) is 9.37. The minimum atomic E-state index is -0.991. The fourth-order valence-corrected chi connectivity index (χ4v) is 3.33. The second-order valence-electron chi connectivity index (χ2n) is 6.73. The van der Waals surface area contributed by atoms with Crippen molar-refractivity contribution in [1.82, 2.24) is 4.90 Å². The van der Waals surface area contributed by atoms with Crippen molar-refractivity contribution in [2.75, 3.05) is 0 Å². The van der Waals surface area contributed by atoms with Gasteiger partial charge in [0.05, 0.1) is 6.54 Å². The van der Waals surface area contributed by atoms with Crippen molar-refractivity contribution in [1.29, 1.82) is 0 Å². The zero-order chi connectivity index (χ0) is 18.1. The van der Waals surface area contributed by atoms with Gasteiger partial charge in [-0.2, -0.15) is 0 Å². The number of amides is 1. The number of carboxylic acids is 1. The van der Waals surface area contributed by atoms with Crippen LogP contribution in [0, 0.1) is 0 Å². The van der Waals surface area contributed by atoms with Gasteiger partial charge in [0.1, 0.15) is 6.10 Å². The minimum absolute atomic E-state index is 0.268. The lowest BCUT2D eigenvalue weighted by Gasteiger charge is -2.21. The average molecular weight is 347 g/mol. The molecule has 0 saturated carbocycles. The van der Waals surface area contributed by atoms with Crippen LogP contribution in [0.5, 0.6) is 0 Å². The summed E-state index contributed by atoms with van der Waals surface area (Å²) in [5.41, 5.74) is 0.905. The van der Waals surface area contributed by atoms with Crippen LogP contribution in [0.1, 0.15) is 63.9 Å². The molecule has 1 saturated heterocycles. The topological polar surface area (TPSA) is 66.8 Å². The Kier molecular flexibility index (Phi) is 7.76. The molecule has 0 aliphatic carbocycles. The number of carbonyl (C=O) groups is 2. The predicted octanol–water partition coefficient (Wildman–Crippen LogP) is 4.60. The zero-order valence-corrected chi connectivity index (χ0v) is 15.0. The SMILES string of the molecule is CCCCCCCCC[C@@H]1OC(=O)N(Cc2ccccc2)[C@H]1C(=O)O. The van der Waals surface area contributed by atoms with Gasteiger partial charge in [-0.15, -0.1) is 0 Å². The van der Waals surface area contributed by atoms with Crippen LogP contribution in [0.4, 0.5) is 4.79 Å². The van der Waals surface area contributed by atoms with Crippen molar-refractivity contribution in [3.63, 3.8) is 0 Å². The summed E-state index contributed by atoms with van der Waals surface area (Å²) in [6, 6.07) is 8.52. The number of hydrogen-bond acceptors (Lipinski definition) is 3. The molecular weight excluding hydrogens is 318 g/mol. The maximum absolute atomic E-state index is 12.2. The summed E-state index contributed by atoms with van der Waals surface area (Å²) in [4.78, 5) is 25.2. The van der Waals surface area contributed by atoms with Crippen LogP contribution in [0.15, 0.2) is 30.3 Å². The number of unbranched alkanes of at least 4 members (excludes halogenated alkanes) is 6. The van der Waals surface area contributed by atoms with Crippen molar-refractivity contribution in [2.45, 2.75) is 77.0 Å². The number of carboxylic acid groups (broad SMARTS) is 1. The van der Waals surface area contributed by atoms with E-state index in [-0.39, 0.29) is 6.54 Å². The Balaban J connectivity index is 1.84. The van der Waals surface area contributed by atoms with E-state index in [0.29, 0.717) is 6.42 Å². The second kappa shape index (κ2) is 10.1. The molecule has 0 radical (unpaired) electrons. The monoisotopic (exact) mass is 347 g/mol. The molecule has 25 heavy (non-hydrogen) atoms. The van der Waals surface area contributed by atoms with Crippen molar-refractivity contribution in [3.05, 3.63) is 35.9 Å². The summed E-state index contributed by atoms with van der Waals surface area (Å²) in [5, 5.41) is 9.58. The summed E-state index contributed by atoms with van der Waals surface area (Å²) in [6.07, 6.45) is 7.64. The van der Waals surface area contributed by atoms with Crippen LogP contribution in [0.25, 0.3) is 0 Å². The molecule has 1 N–H and O–H groups in total. The Morgan fingerprint density at radius 3 is 2.36 bits per heavy atom. The highest BCUT2D eigenvalue weighted by molar-refractivity contribution is 5.83. The molecule has 0 spiro atoms. The van der Waals surface area contributed by atoms with Crippen LogP contribution < -0.4 is 0 Å². The summed E-state index contributed by atoms with van der Waals surface area (Å²) in [6.45, 7) is 2.46. The van der Waals surface area contributed by atoms with Crippen LogP contribution in [0.3, 0.4) is 0 Å². The number of cyclic esters (lactones) is 1. The third-order valence-corrected chi connectivity index (χ3v) is 4.72. The van der Waals surface area contributed by atoms with Gasteiger partial charge >= 0.3 is 12.1 Å². The van der Waals surface area contributed by atoms with Gasteiger partial charge in [-0.25, -0.2) is 9.59 Å². The normalized spacial score (nSPS) is 19.9. The lowest BCUT2D eigenvalue weighted by molar-refractivity contribution is -0.143. The number of benzene rings is 1. The molecule has 0 aromatic heterocycles. The molecule has 1 aromatic rings. The standard InChI is InChI=1S/C20H29NO4/c1-2-3-4-5-6-7-11-14-17-18(19(22)23)21(20(24)25-17)15-16-12-9-8-10-13-16/h8-10,12-13,17-18H,2-7,11,14-15H2,1H3,(H,22,23)/t17-,18+/m0/s1. The highest BCUT2D eigenvalue weighted by atomic mass is 16.6. The molecular formula is C20H29NO4. The number of rotatable bonds is 11. The first-order chi connectivity index (χ1) is 12.1. The molecule has 138 valence electrons. The molecule has 5 heteroatoms. The molecule has 5 nitrogen and oxygen atoms in total. The van der Waals surface area contributed by atoms with Gasteiger partial charge < -0.3 is 9.84 Å². The summed E-state index contributed by atoms with van der Waals surface area (Å²) < 4.78 is 5.37. The highest BCUT2D eigenvalue weighted by Gasteiger charge is 2.45. The Morgan fingerprint density at radius 1 is 1.08 bits per heavy atom. The lowest BCUT2D eigenvalue weighted by Crippen LogP contribution is -2.42. The van der Waals surface area contributed by atoms with Crippen molar-refractivity contribution >= 4 is 12.1 Å². The molecule has 1 amide bonds. The Hall–Kier alpha value is -2.04. The first-order valence-corrected chi connectivity index (χ1v) is 9.37. The van der Waals surface area contributed by atoms with E-state index >= 15 is 0 Å². The van der Waals surface area contributed by atoms with Crippen molar-refractivity contribution < 1.29 is 19.4 Å². The van der Waals surface area contributed by atoms with E-state index < -0.39 is 24.2 Å². The third kappa shape index (κ3) is 5.76. The molecule has 1 aliphatic rings. The lowest BCUT2D eigenvalue weighted by atomic mass is 10.0. The zero-order valence-electron chi connectivity index (χ0n) is 15.0. The van der Waals surface area contributed by atoms with Crippen molar-refractivity contribution in [2.24, 2.45) is 0 Å². The van der Waals surface area contributed by atoms with Gasteiger partial charge in [0.2, 0.25) is 0 Å². The molecule has 0 bridgehead atoms. The van der Waals surface area contributed by atoms with Gasteiger partial charge in [0.25, 0.3) is 0 Å². The van der Waals surface area contributed by atoms with Crippen LogP contribution in [-0.4, -0.2) is 34.2 Å². The summed E-state index contributed by atoms with van der Waals surface area (Å²) >= 11 is 0. The van der Waals surface area contributed by atoms with E-state index in [9.17, 15) is 14.7 Å². The number of ether oxygens (including phenoxy) is 1. The smallest absolute Gasteiger partial charge is 0.411 e.